The minimum absolute atomic E-state index is 0.0788. The number of hydrogen-bond donors (Lipinski definition) is 2. The summed E-state index contributed by atoms with van der Waals surface area (Å²) in [5.41, 5.74) is 0. The van der Waals surface area contributed by atoms with Gasteiger partial charge in [0.25, 0.3) is 0 Å². The van der Waals surface area contributed by atoms with Gasteiger partial charge in [0.15, 0.2) is 0 Å². The maximum Gasteiger partial charge on any atom is 0.306 e. The van der Waals surface area contributed by atoms with Gasteiger partial charge in [-0.3, -0.25) is 4.79 Å². The van der Waals surface area contributed by atoms with E-state index >= 15 is 0 Å². The molecule has 0 spiro atoms. The summed E-state index contributed by atoms with van der Waals surface area (Å²) >= 11 is 0. The largest absolute Gasteiger partial charge is 0.481 e. The first-order chi connectivity index (χ1) is 9.06. The van der Waals surface area contributed by atoms with Crippen LogP contribution in [0.5, 0.6) is 0 Å². The van der Waals surface area contributed by atoms with Gasteiger partial charge in [-0.1, -0.05) is 20.3 Å². The Balaban J connectivity index is 1.70. The highest BCUT2D eigenvalue weighted by Crippen LogP contribution is 2.31. The quantitative estimate of drug-likeness (QED) is 0.821. The summed E-state index contributed by atoms with van der Waals surface area (Å²) in [5, 5.41) is 12.8. The maximum atomic E-state index is 10.9. The molecule has 2 N–H and O–H groups in total. The Kier molecular flexibility index (Phi) is 5.26. The van der Waals surface area contributed by atoms with E-state index in [0.29, 0.717) is 12.0 Å². The molecule has 3 atom stereocenters. The third-order valence-corrected chi connectivity index (χ3v) is 5.32. The van der Waals surface area contributed by atoms with Gasteiger partial charge in [-0.15, -0.1) is 0 Å². The third kappa shape index (κ3) is 4.20. The number of hydrogen-bond acceptors (Lipinski definition) is 2. The van der Waals surface area contributed by atoms with Crippen LogP contribution in [0.15, 0.2) is 0 Å². The lowest BCUT2D eigenvalue weighted by molar-refractivity contribution is -0.143. The standard InChI is InChI=1S/C16H29NO2/c1-11-3-4-12(2)15(9-11)17-10-13-5-7-14(8-6-13)16(18)19/h11-15,17H,3-10H2,1-2H3,(H,18,19). The SMILES string of the molecule is CC1CCC(C)C(NCC2CCC(C(=O)O)CC2)C1. The molecule has 2 saturated carbocycles. The predicted molar refractivity (Wildman–Crippen MR) is 77.1 cm³/mol. The van der Waals surface area contributed by atoms with Gasteiger partial charge < -0.3 is 10.4 Å². The van der Waals surface area contributed by atoms with Crippen molar-refractivity contribution >= 4 is 5.97 Å². The molecular weight excluding hydrogens is 238 g/mol. The van der Waals surface area contributed by atoms with Gasteiger partial charge in [0.2, 0.25) is 0 Å². The van der Waals surface area contributed by atoms with Crippen molar-refractivity contribution in [1.29, 1.82) is 0 Å². The molecule has 0 bridgehead atoms. The Morgan fingerprint density at radius 3 is 2.42 bits per heavy atom. The molecule has 2 aliphatic carbocycles. The second kappa shape index (κ2) is 6.74. The normalized spacial score (nSPS) is 40.0. The Hall–Kier alpha value is -0.570. The number of carboxylic acids is 1. The molecule has 2 rings (SSSR count). The van der Waals surface area contributed by atoms with E-state index in [1.807, 2.05) is 0 Å². The second-order valence-electron chi connectivity index (χ2n) is 6.97. The molecule has 0 radical (unpaired) electrons. The molecule has 2 aliphatic rings. The van der Waals surface area contributed by atoms with E-state index in [-0.39, 0.29) is 5.92 Å². The molecule has 0 amide bonds. The van der Waals surface area contributed by atoms with Gasteiger partial charge in [-0.25, -0.2) is 0 Å². The number of nitrogens with one attached hydrogen (secondary N) is 1. The molecule has 0 aromatic carbocycles. The summed E-state index contributed by atoms with van der Waals surface area (Å²) in [6, 6.07) is 0.681. The lowest BCUT2D eigenvalue weighted by Gasteiger charge is -2.35. The second-order valence-corrected chi connectivity index (χ2v) is 6.97. The van der Waals surface area contributed by atoms with E-state index in [1.165, 1.54) is 19.3 Å². The summed E-state index contributed by atoms with van der Waals surface area (Å²) in [4.78, 5) is 10.9. The van der Waals surface area contributed by atoms with E-state index in [9.17, 15) is 4.79 Å². The van der Waals surface area contributed by atoms with Gasteiger partial charge in [0.1, 0.15) is 0 Å². The van der Waals surface area contributed by atoms with Gasteiger partial charge in [0.05, 0.1) is 5.92 Å². The van der Waals surface area contributed by atoms with Gasteiger partial charge in [-0.05, 0) is 62.8 Å². The number of carboxylic acid groups (broad SMARTS) is 1. The van der Waals surface area contributed by atoms with Crippen LogP contribution < -0.4 is 5.32 Å². The van der Waals surface area contributed by atoms with Crippen molar-refractivity contribution in [1.82, 2.24) is 5.32 Å². The molecule has 0 saturated heterocycles. The van der Waals surface area contributed by atoms with Crippen LogP contribution in [0.2, 0.25) is 0 Å². The van der Waals surface area contributed by atoms with Crippen molar-refractivity contribution in [3.8, 4) is 0 Å². The molecule has 0 heterocycles. The van der Waals surface area contributed by atoms with E-state index in [2.05, 4.69) is 19.2 Å². The summed E-state index contributed by atoms with van der Waals surface area (Å²) in [7, 11) is 0. The zero-order valence-electron chi connectivity index (χ0n) is 12.4. The Bertz CT molecular complexity index is 297. The molecule has 19 heavy (non-hydrogen) atoms. The van der Waals surface area contributed by atoms with Gasteiger partial charge in [-0.2, -0.15) is 0 Å². The fourth-order valence-corrected chi connectivity index (χ4v) is 3.75. The van der Waals surface area contributed by atoms with Crippen molar-refractivity contribution in [2.24, 2.45) is 23.7 Å². The van der Waals surface area contributed by atoms with Crippen LogP contribution in [-0.4, -0.2) is 23.7 Å². The van der Waals surface area contributed by atoms with Crippen LogP contribution in [0.4, 0.5) is 0 Å². The third-order valence-electron chi connectivity index (χ3n) is 5.32. The number of rotatable bonds is 4. The van der Waals surface area contributed by atoms with Crippen molar-refractivity contribution in [3.63, 3.8) is 0 Å². The molecule has 3 nitrogen and oxygen atoms in total. The van der Waals surface area contributed by atoms with Crippen LogP contribution in [0.1, 0.15) is 58.8 Å². The molecule has 3 heteroatoms. The monoisotopic (exact) mass is 267 g/mol. The first kappa shape index (κ1) is 14.8. The fourth-order valence-electron chi connectivity index (χ4n) is 3.75. The number of carbonyl (C=O) groups is 1. The molecule has 2 fully saturated rings. The Labute approximate surface area is 117 Å². The van der Waals surface area contributed by atoms with Crippen LogP contribution >= 0.6 is 0 Å². The van der Waals surface area contributed by atoms with Gasteiger partial charge in [0, 0.05) is 6.04 Å². The molecule has 0 aliphatic heterocycles. The van der Waals surface area contributed by atoms with Crippen molar-refractivity contribution in [2.45, 2.75) is 64.8 Å². The average Bonchev–Trinajstić information content (AvgIpc) is 2.40. The smallest absolute Gasteiger partial charge is 0.306 e. The van der Waals surface area contributed by atoms with Crippen LogP contribution in [0, 0.1) is 23.7 Å². The Morgan fingerprint density at radius 2 is 1.79 bits per heavy atom. The minimum Gasteiger partial charge on any atom is -0.481 e. The first-order valence-electron chi connectivity index (χ1n) is 8.02. The van der Waals surface area contributed by atoms with Crippen LogP contribution in [0.25, 0.3) is 0 Å². The van der Waals surface area contributed by atoms with E-state index in [0.717, 1.165) is 44.1 Å². The highest BCUT2D eigenvalue weighted by Gasteiger charge is 2.28. The van der Waals surface area contributed by atoms with E-state index in [4.69, 9.17) is 5.11 Å². The van der Waals surface area contributed by atoms with Crippen LogP contribution in [0.3, 0.4) is 0 Å². The highest BCUT2D eigenvalue weighted by atomic mass is 16.4. The predicted octanol–water partition coefficient (Wildman–Crippen LogP) is 3.29. The first-order valence-corrected chi connectivity index (χ1v) is 8.02. The average molecular weight is 267 g/mol. The zero-order valence-corrected chi connectivity index (χ0v) is 12.4. The highest BCUT2D eigenvalue weighted by molar-refractivity contribution is 5.69. The Morgan fingerprint density at radius 1 is 1.11 bits per heavy atom. The zero-order chi connectivity index (χ0) is 13.8. The van der Waals surface area contributed by atoms with Crippen molar-refractivity contribution in [2.75, 3.05) is 6.54 Å². The molecule has 110 valence electrons. The van der Waals surface area contributed by atoms with Gasteiger partial charge >= 0.3 is 5.97 Å². The topological polar surface area (TPSA) is 49.3 Å². The molecule has 0 aromatic rings. The summed E-state index contributed by atoms with van der Waals surface area (Å²) in [6.07, 6.45) is 7.96. The van der Waals surface area contributed by atoms with Crippen molar-refractivity contribution < 1.29 is 9.90 Å². The van der Waals surface area contributed by atoms with Crippen LogP contribution in [-0.2, 0) is 4.79 Å². The summed E-state index contributed by atoms with van der Waals surface area (Å²) in [5.74, 6) is 1.68. The van der Waals surface area contributed by atoms with E-state index < -0.39 is 5.97 Å². The lowest BCUT2D eigenvalue weighted by atomic mass is 9.79. The molecular formula is C16H29NO2. The molecule has 3 unspecified atom stereocenters. The maximum absolute atomic E-state index is 10.9. The van der Waals surface area contributed by atoms with E-state index in [1.54, 1.807) is 0 Å². The summed E-state index contributed by atoms with van der Waals surface area (Å²) < 4.78 is 0. The summed E-state index contributed by atoms with van der Waals surface area (Å²) in [6.45, 7) is 5.82. The lowest BCUT2D eigenvalue weighted by Crippen LogP contribution is -2.42. The number of aliphatic carboxylic acids is 1. The van der Waals surface area contributed by atoms with Crippen molar-refractivity contribution in [3.05, 3.63) is 0 Å². The fraction of sp³-hybridized carbons (Fsp3) is 0.938. The molecule has 0 aromatic heterocycles. The minimum atomic E-state index is -0.596.